The van der Waals surface area contributed by atoms with Gasteiger partial charge in [0.2, 0.25) is 0 Å². The largest absolute Gasteiger partial charge is 0.455 e. The third kappa shape index (κ3) is 3.72. The zero-order chi connectivity index (χ0) is 23.4. The number of carbonyl (C=O) groups is 2. The van der Waals surface area contributed by atoms with Gasteiger partial charge >= 0.3 is 11.9 Å². The minimum Gasteiger partial charge on any atom is -0.455 e. The second-order valence-electron chi connectivity index (χ2n) is 12.3. The topological polar surface area (TPSA) is 52.6 Å². The number of benzene rings is 1. The van der Waals surface area contributed by atoms with Gasteiger partial charge < -0.3 is 9.47 Å². The van der Waals surface area contributed by atoms with Crippen LogP contribution in [0.2, 0.25) is 0 Å². The summed E-state index contributed by atoms with van der Waals surface area (Å²) in [5.41, 5.74) is 0.734. The number of fused-ring (bicyclic) bond motifs is 1. The maximum atomic E-state index is 13.2. The molecule has 1 spiro atoms. The Morgan fingerprint density at radius 2 is 1.58 bits per heavy atom. The van der Waals surface area contributed by atoms with Gasteiger partial charge in [0, 0.05) is 5.92 Å². The molecule has 33 heavy (non-hydrogen) atoms. The first-order chi connectivity index (χ1) is 15.7. The third-order valence-electron chi connectivity index (χ3n) is 10.3. The van der Waals surface area contributed by atoms with Crippen molar-refractivity contribution in [3.63, 3.8) is 0 Å². The summed E-state index contributed by atoms with van der Waals surface area (Å²) in [5.74, 6) is 2.02. The van der Waals surface area contributed by atoms with Crippen LogP contribution in [-0.4, -0.2) is 17.5 Å². The molecule has 4 aliphatic rings. The first-order valence-corrected chi connectivity index (χ1v) is 13.2. The maximum absolute atomic E-state index is 13.2. The molecule has 0 aromatic heterocycles. The van der Waals surface area contributed by atoms with Crippen LogP contribution in [0.25, 0.3) is 0 Å². The molecule has 5 unspecified atom stereocenters. The molecular formula is C29H40O4. The minimum atomic E-state index is -0.429. The van der Waals surface area contributed by atoms with E-state index in [2.05, 4.69) is 27.7 Å². The highest BCUT2D eigenvalue weighted by Gasteiger charge is 2.68. The van der Waals surface area contributed by atoms with E-state index in [1.54, 1.807) is 24.3 Å². The van der Waals surface area contributed by atoms with E-state index < -0.39 is 5.60 Å². The van der Waals surface area contributed by atoms with Crippen LogP contribution in [0, 0.1) is 34.5 Å². The van der Waals surface area contributed by atoms with E-state index in [1.165, 1.54) is 32.1 Å². The van der Waals surface area contributed by atoms with Gasteiger partial charge in [-0.05, 0) is 98.8 Å². The molecule has 180 valence electrons. The molecule has 0 heterocycles. The van der Waals surface area contributed by atoms with Gasteiger partial charge in [0.05, 0.1) is 11.5 Å². The van der Waals surface area contributed by atoms with E-state index >= 15 is 0 Å². The van der Waals surface area contributed by atoms with Crippen LogP contribution in [0.4, 0.5) is 0 Å². The monoisotopic (exact) mass is 452 g/mol. The van der Waals surface area contributed by atoms with Crippen molar-refractivity contribution >= 4 is 11.9 Å². The second-order valence-corrected chi connectivity index (χ2v) is 12.3. The molecule has 0 aliphatic heterocycles. The summed E-state index contributed by atoms with van der Waals surface area (Å²) in [5, 5.41) is 0. The predicted octanol–water partition coefficient (Wildman–Crippen LogP) is 6.96. The number of rotatable bonds is 4. The summed E-state index contributed by atoms with van der Waals surface area (Å²) < 4.78 is 11.9. The Labute approximate surface area is 198 Å². The summed E-state index contributed by atoms with van der Waals surface area (Å²) in [6.07, 6.45) is 11.2. The van der Waals surface area contributed by atoms with E-state index in [0.29, 0.717) is 22.6 Å². The molecule has 1 aromatic rings. The molecule has 0 radical (unpaired) electrons. The van der Waals surface area contributed by atoms with Crippen LogP contribution in [0.5, 0.6) is 5.75 Å². The second kappa shape index (κ2) is 8.13. The lowest BCUT2D eigenvalue weighted by Crippen LogP contribution is -2.47. The van der Waals surface area contributed by atoms with Crippen LogP contribution in [0.15, 0.2) is 24.3 Å². The fourth-order valence-corrected chi connectivity index (χ4v) is 8.45. The highest BCUT2D eigenvalue weighted by molar-refractivity contribution is 5.90. The standard InChI is InChI=1S/C29H40O4/c1-19-10-15-23-27(2,3)24-18-29(19,23)17-16-28(24,4)33-26(31)21-11-13-22(14-12-21)32-25(30)20-8-6-5-7-9-20/h11-14,19-20,23-24H,5-10,15-18H2,1-4H3. The van der Waals surface area contributed by atoms with Crippen LogP contribution in [-0.2, 0) is 9.53 Å². The molecule has 5 rings (SSSR count). The highest BCUT2D eigenvalue weighted by atomic mass is 16.6. The Balaban J connectivity index is 1.26. The van der Waals surface area contributed by atoms with Gasteiger partial charge in [-0.15, -0.1) is 0 Å². The lowest BCUT2D eigenvalue weighted by atomic mass is 9.64. The molecular weight excluding hydrogens is 412 g/mol. The highest BCUT2D eigenvalue weighted by Crippen LogP contribution is 2.73. The Morgan fingerprint density at radius 1 is 0.879 bits per heavy atom. The van der Waals surface area contributed by atoms with Gasteiger partial charge in [-0.3, -0.25) is 4.79 Å². The molecule has 4 nitrogen and oxygen atoms in total. The summed E-state index contributed by atoms with van der Waals surface area (Å²) in [7, 11) is 0. The molecule has 0 saturated heterocycles. The van der Waals surface area contributed by atoms with E-state index in [0.717, 1.165) is 43.9 Å². The number of hydrogen-bond acceptors (Lipinski definition) is 4. The molecule has 4 fully saturated rings. The average molecular weight is 453 g/mol. The Kier molecular flexibility index (Phi) is 5.65. The van der Waals surface area contributed by atoms with E-state index in [4.69, 9.17) is 9.47 Å². The minimum absolute atomic E-state index is 0.00918. The fourth-order valence-electron chi connectivity index (χ4n) is 8.45. The summed E-state index contributed by atoms with van der Waals surface area (Å²) in [6, 6.07) is 6.91. The predicted molar refractivity (Wildman–Crippen MR) is 128 cm³/mol. The molecule has 1 aromatic carbocycles. The maximum Gasteiger partial charge on any atom is 0.338 e. The Hall–Kier alpha value is -1.84. The van der Waals surface area contributed by atoms with Crippen molar-refractivity contribution in [2.45, 2.75) is 97.5 Å². The third-order valence-corrected chi connectivity index (χ3v) is 10.3. The Morgan fingerprint density at radius 3 is 2.27 bits per heavy atom. The SMILES string of the molecule is CC1CCC2C(C)(C)C3CC12CCC3(C)OC(=O)c1ccc(OC(=O)C2CCCCC2)cc1. The van der Waals surface area contributed by atoms with Crippen molar-refractivity contribution in [3.8, 4) is 5.75 Å². The van der Waals surface area contributed by atoms with Crippen molar-refractivity contribution in [1.29, 1.82) is 0 Å². The lowest BCUT2D eigenvalue weighted by Gasteiger charge is -2.46. The number of esters is 2. The van der Waals surface area contributed by atoms with Crippen LogP contribution < -0.4 is 4.74 Å². The average Bonchev–Trinajstić information content (AvgIpc) is 3.23. The van der Waals surface area contributed by atoms with Crippen LogP contribution >= 0.6 is 0 Å². The summed E-state index contributed by atoms with van der Waals surface area (Å²) in [6.45, 7) is 9.43. The van der Waals surface area contributed by atoms with Gasteiger partial charge in [0.15, 0.2) is 0 Å². The van der Waals surface area contributed by atoms with Gasteiger partial charge in [-0.1, -0.05) is 40.0 Å². The smallest absolute Gasteiger partial charge is 0.338 e. The Bertz CT molecular complexity index is 912. The summed E-state index contributed by atoms with van der Waals surface area (Å²) in [4.78, 5) is 25.6. The van der Waals surface area contributed by atoms with Gasteiger partial charge in [0.25, 0.3) is 0 Å². The van der Waals surface area contributed by atoms with E-state index in [-0.39, 0.29) is 23.3 Å². The zero-order valence-electron chi connectivity index (χ0n) is 20.8. The quantitative estimate of drug-likeness (QED) is 0.366. The molecule has 0 N–H and O–H groups in total. The normalized spacial score (nSPS) is 37.4. The van der Waals surface area contributed by atoms with Crippen LogP contribution in [0.3, 0.4) is 0 Å². The van der Waals surface area contributed by atoms with Crippen LogP contribution in [0.1, 0.15) is 102 Å². The van der Waals surface area contributed by atoms with Crippen molar-refractivity contribution in [2.24, 2.45) is 34.5 Å². The zero-order valence-corrected chi connectivity index (χ0v) is 20.8. The van der Waals surface area contributed by atoms with Crippen molar-refractivity contribution in [3.05, 3.63) is 29.8 Å². The number of carbonyl (C=O) groups excluding carboxylic acids is 2. The van der Waals surface area contributed by atoms with E-state index in [1.807, 2.05) is 0 Å². The first-order valence-electron chi connectivity index (χ1n) is 13.2. The molecule has 4 saturated carbocycles. The first kappa shape index (κ1) is 22.9. The summed E-state index contributed by atoms with van der Waals surface area (Å²) >= 11 is 0. The molecule has 5 atom stereocenters. The van der Waals surface area contributed by atoms with Gasteiger partial charge in [-0.25, -0.2) is 4.79 Å². The van der Waals surface area contributed by atoms with Crippen molar-refractivity contribution in [1.82, 2.24) is 0 Å². The number of ether oxygens (including phenoxy) is 2. The van der Waals surface area contributed by atoms with Gasteiger partial charge in [0.1, 0.15) is 11.4 Å². The van der Waals surface area contributed by atoms with Gasteiger partial charge in [-0.2, -0.15) is 0 Å². The van der Waals surface area contributed by atoms with E-state index in [9.17, 15) is 9.59 Å². The number of hydrogen-bond donors (Lipinski definition) is 0. The van der Waals surface area contributed by atoms with Crippen molar-refractivity contribution < 1.29 is 19.1 Å². The molecule has 0 amide bonds. The molecule has 4 aliphatic carbocycles. The fraction of sp³-hybridized carbons (Fsp3) is 0.724. The molecule has 4 heteroatoms. The lowest BCUT2D eigenvalue weighted by molar-refractivity contribution is -0.139. The van der Waals surface area contributed by atoms with Crippen molar-refractivity contribution in [2.75, 3.05) is 0 Å². The molecule has 2 bridgehead atoms.